The van der Waals surface area contributed by atoms with Crippen molar-refractivity contribution in [2.45, 2.75) is 33.3 Å². The highest BCUT2D eigenvalue weighted by Crippen LogP contribution is 2.13. The third-order valence-corrected chi connectivity index (χ3v) is 2.21. The van der Waals surface area contributed by atoms with Crippen molar-refractivity contribution in [2.24, 2.45) is 0 Å². The Balaban J connectivity index is 2.69. The Morgan fingerprint density at radius 1 is 1.29 bits per heavy atom. The lowest BCUT2D eigenvalue weighted by Gasteiger charge is -2.04. The van der Waals surface area contributed by atoms with Crippen LogP contribution in [0.4, 0.5) is 0 Å². The monoisotopic (exact) mass is 190 g/mol. The van der Waals surface area contributed by atoms with Crippen LogP contribution in [-0.4, -0.2) is 5.11 Å². The lowest BCUT2D eigenvalue weighted by molar-refractivity contribution is 0.199. The fourth-order valence-corrected chi connectivity index (χ4v) is 1.25. The van der Waals surface area contributed by atoms with Gasteiger partial charge in [0.25, 0.3) is 0 Å². The van der Waals surface area contributed by atoms with Crippen molar-refractivity contribution >= 4 is 0 Å². The van der Waals surface area contributed by atoms with Crippen molar-refractivity contribution in [3.05, 3.63) is 47.0 Å². The van der Waals surface area contributed by atoms with Gasteiger partial charge >= 0.3 is 0 Å². The number of aliphatic hydroxyl groups excluding tert-OH is 1. The van der Waals surface area contributed by atoms with Crippen LogP contribution < -0.4 is 0 Å². The van der Waals surface area contributed by atoms with Gasteiger partial charge in [-0.05, 0) is 38.3 Å². The first kappa shape index (κ1) is 11.0. The summed E-state index contributed by atoms with van der Waals surface area (Å²) in [5, 5.41) is 9.32. The Kier molecular flexibility index (Phi) is 3.90. The van der Waals surface area contributed by atoms with Crippen LogP contribution in [0.1, 0.15) is 38.0 Å². The summed E-state index contributed by atoms with van der Waals surface area (Å²) in [6, 6.07) is 8.11. The molecule has 1 heteroatoms. The lowest BCUT2D eigenvalue weighted by Crippen LogP contribution is -1.91. The van der Waals surface area contributed by atoms with Gasteiger partial charge in [0.1, 0.15) is 0 Å². The van der Waals surface area contributed by atoms with Crippen LogP contribution >= 0.6 is 0 Å². The molecule has 1 aromatic carbocycles. The number of aliphatic hydroxyl groups is 1. The molecule has 0 saturated carbocycles. The number of hydrogen-bond donors (Lipinski definition) is 1. The first-order chi connectivity index (χ1) is 6.59. The molecule has 0 aliphatic carbocycles. The molecule has 0 saturated heterocycles. The van der Waals surface area contributed by atoms with Crippen LogP contribution in [0.15, 0.2) is 35.9 Å². The molecular formula is C13H18O. The molecule has 1 aromatic rings. The number of hydrogen-bond acceptors (Lipinski definition) is 1. The molecule has 0 bridgehead atoms. The molecule has 0 amide bonds. The van der Waals surface area contributed by atoms with Crippen LogP contribution in [0.5, 0.6) is 0 Å². The Hall–Kier alpha value is -1.08. The van der Waals surface area contributed by atoms with Gasteiger partial charge in [0, 0.05) is 0 Å². The minimum absolute atomic E-state index is 0.368. The summed E-state index contributed by atoms with van der Waals surface area (Å²) in [6.07, 6.45) is 2.81. The van der Waals surface area contributed by atoms with E-state index in [2.05, 4.69) is 32.1 Å². The normalized spacial score (nSPS) is 12.3. The molecule has 0 heterocycles. The van der Waals surface area contributed by atoms with Crippen molar-refractivity contribution in [1.82, 2.24) is 0 Å². The van der Waals surface area contributed by atoms with Gasteiger partial charge in [-0.25, -0.2) is 0 Å². The average Bonchev–Trinajstić information content (AvgIpc) is 2.15. The molecule has 14 heavy (non-hydrogen) atoms. The summed E-state index contributed by atoms with van der Waals surface area (Å²) < 4.78 is 0. The molecule has 1 nitrogen and oxygen atoms in total. The van der Waals surface area contributed by atoms with Crippen molar-refractivity contribution < 1.29 is 5.11 Å². The Morgan fingerprint density at radius 2 is 1.86 bits per heavy atom. The molecule has 1 atom stereocenters. The second kappa shape index (κ2) is 4.97. The smallest absolute Gasteiger partial charge is 0.0761 e. The topological polar surface area (TPSA) is 20.2 Å². The summed E-state index contributed by atoms with van der Waals surface area (Å²) >= 11 is 0. The molecule has 0 fully saturated rings. The first-order valence-electron chi connectivity index (χ1n) is 5.00. The third kappa shape index (κ3) is 3.35. The molecule has 0 aromatic heterocycles. The third-order valence-electron chi connectivity index (χ3n) is 2.21. The molecule has 1 unspecified atom stereocenters. The summed E-state index contributed by atoms with van der Waals surface area (Å²) in [7, 11) is 0. The van der Waals surface area contributed by atoms with Crippen LogP contribution in [0, 0.1) is 0 Å². The molecular weight excluding hydrogens is 172 g/mol. The van der Waals surface area contributed by atoms with E-state index in [0.29, 0.717) is 0 Å². The lowest BCUT2D eigenvalue weighted by atomic mass is 10.1. The molecule has 0 radical (unpaired) electrons. The van der Waals surface area contributed by atoms with E-state index in [1.807, 2.05) is 12.1 Å². The minimum Gasteiger partial charge on any atom is -0.389 e. The van der Waals surface area contributed by atoms with E-state index >= 15 is 0 Å². The van der Waals surface area contributed by atoms with Crippen molar-refractivity contribution in [3.63, 3.8) is 0 Å². The maximum Gasteiger partial charge on any atom is 0.0761 e. The minimum atomic E-state index is -0.368. The molecule has 0 spiro atoms. The maximum absolute atomic E-state index is 9.32. The summed E-state index contributed by atoms with van der Waals surface area (Å²) in [4.78, 5) is 0. The van der Waals surface area contributed by atoms with Gasteiger partial charge in [0.15, 0.2) is 0 Å². The zero-order chi connectivity index (χ0) is 10.6. The van der Waals surface area contributed by atoms with E-state index < -0.39 is 0 Å². The molecule has 0 aliphatic heterocycles. The van der Waals surface area contributed by atoms with Gasteiger partial charge in [-0.3, -0.25) is 0 Å². The van der Waals surface area contributed by atoms with Crippen molar-refractivity contribution in [2.75, 3.05) is 0 Å². The second-order valence-corrected chi connectivity index (χ2v) is 3.90. The van der Waals surface area contributed by atoms with Gasteiger partial charge in [0.05, 0.1) is 6.10 Å². The van der Waals surface area contributed by atoms with Crippen LogP contribution in [-0.2, 0) is 6.42 Å². The fraction of sp³-hybridized carbons (Fsp3) is 0.385. The van der Waals surface area contributed by atoms with E-state index in [0.717, 1.165) is 12.0 Å². The number of benzene rings is 1. The zero-order valence-corrected chi connectivity index (χ0v) is 9.12. The molecule has 0 aliphatic rings. The first-order valence-corrected chi connectivity index (χ1v) is 5.00. The highest BCUT2D eigenvalue weighted by atomic mass is 16.3. The van der Waals surface area contributed by atoms with E-state index in [-0.39, 0.29) is 6.10 Å². The van der Waals surface area contributed by atoms with Crippen LogP contribution in [0.2, 0.25) is 0 Å². The van der Waals surface area contributed by atoms with Crippen molar-refractivity contribution in [3.8, 4) is 0 Å². The molecule has 1 N–H and O–H groups in total. The summed E-state index contributed by atoms with van der Waals surface area (Å²) in [5.74, 6) is 0. The van der Waals surface area contributed by atoms with Crippen LogP contribution in [0.3, 0.4) is 0 Å². The SMILES string of the molecule is CC(C)=CCc1ccc(C(C)O)cc1. The maximum atomic E-state index is 9.32. The average molecular weight is 190 g/mol. The Morgan fingerprint density at radius 3 is 2.29 bits per heavy atom. The van der Waals surface area contributed by atoms with E-state index in [1.54, 1.807) is 6.92 Å². The molecule has 76 valence electrons. The fourth-order valence-electron chi connectivity index (χ4n) is 1.25. The predicted octanol–water partition coefficient (Wildman–Crippen LogP) is 3.25. The van der Waals surface area contributed by atoms with Gasteiger partial charge in [-0.15, -0.1) is 0 Å². The highest BCUT2D eigenvalue weighted by molar-refractivity contribution is 5.25. The van der Waals surface area contributed by atoms with Crippen LogP contribution in [0.25, 0.3) is 0 Å². The quantitative estimate of drug-likeness (QED) is 0.725. The second-order valence-electron chi connectivity index (χ2n) is 3.90. The van der Waals surface area contributed by atoms with Gasteiger partial charge in [-0.1, -0.05) is 35.9 Å². The summed E-state index contributed by atoms with van der Waals surface area (Å²) in [6.45, 7) is 5.99. The van der Waals surface area contributed by atoms with Crippen molar-refractivity contribution in [1.29, 1.82) is 0 Å². The standard InChI is InChI=1S/C13H18O/c1-10(2)4-5-12-6-8-13(9-7-12)11(3)14/h4,6-9,11,14H,5H2,1-3H3. The number of rotatable bonds is 3. The Bertz CT molecular complexity index is 303. The zero-order valence-electron chi connectivity index (χ0n) is 9.12. The van der Waals surface area contributed by atoms with E-state index in [4.69, 9.17) is 0 Å². The van der Waals surface area contributed by atoms with Gasteiger partial charge < -0.3 is 5.11 Å². The Labute approximate surface area is 86.1 Å². The summed E-state index contributed by atoms with van der Waals surface area (Å²) in [5.41, 5.74) is 3.60. The molecule has 1 rings (SSSR count). The van der Waals surface area contributed by atoms with E-state index in [1.165, 1.54) is 11.1 Å². The van der Waals surface area contributed by atoms with E-state index in [9.17, 15) is 5.11 Å². The van der Waals surface area contributed by atoms with Gasteiger partial charge in [0.2, 0.25) is 0 Å². The highest BCUT2D eigenvalue weighted by Gasteiger charge is 1.98. The largest absolute Gasteiger partial charge is 0.389 e. The predicted molar refractivity (Wildman–Crippen MR) is 60.2 cm³/mol. The van der Waals surface area contributed by atoms with Gasteiger partial charge in [-0.2, -0.15) is 0 Å². The number of allylic oxidation sites excluding steroid dienone is 2.